The van der Waals surface area contributed by atoms with Crippen LogP contribution in [-0.4, -0.2) is 29.8 Å². The van der Waals surface area contributed by atoms with Crippen LogP contribution >= 0.6 is 0 Å². The molecule has 0 fully saturated rings. The maximum absolute atomic E-state index is 12.6. The molecule has 0 aromatic heterocycles. The zero-order valence-corrected chi connectivity index (χ0v) is 12.6. The van der Waals surface area contributed by atoms with Crippen LogP contribution in [0.25, 0.3) is 0 Å². The molecule has 1 atom stereocenters. The number of carbonyl (C=O) groups is 2. The highest BCUT2D eigenvalue weighted by molar-refractivity contribution is 5.80. The Morgan fingerprint density at radius 2 is 1.90 bits per heavy atom. The van der Waals surface area contributed by atoms with Gasteiger partial charge in [-0.25, -0.2) is 0 Å². The minimum Gasteiger partial charge on any atom is -0.370 e. The molecule has 2 amide bonds. The lowest BCUT2D eigenvalue weighted by molar-refractivity contribution is -0.136. The van der Waals surface area contributed by atoms with Crippen LogP contribution in [0, 0.1) is 5.92 Å². The second kappa shape index (κ2) is 9.13. The topological polar surface area (TPSA) is 89.4 Å². The Balaban J connectivity index is 2.79. The summed E-state index contributed by atoms with van der Waals surface area (Å²) in [5.41, 5.74) is 11.9. The first kappa shape index (κ1) is 17.2. The highest BCUT2D eigenvalue weighted by atomic mass is 16.2. The molecule has 0 saturated heterocycles. The molecule has 21 heavy (non-hydrogen) atoms. The smallest absolute Gasteiger partial charge is 0.227 e. The lowest BCUT2D eigenvalue weighted by Crippen LogP contribution is -2.40. The third-order valence-corrected chi connectivity index (χ3v) is 3.43. The van der Waals surface area contributed by atoms with Gasteiger partial charge in [-0.05, 0) is 12.0 Å². The number of amides is 2. The van der Waals surface area contributed by atoms with Gasteiger partial charge >= 0.3 is 0 Å². The maximum atomic E-state index is 12.6. The zero-order chi connectivity index (χ0) is 15.7. The van der Waals surface area contributed by atoms with E-state index in [-0.39, 0.29) is 18.2 Å². The summed E-state index contributed by atoms with van der Waals surface area (Å²) in [5, 5.41) is 0. The van der Waals surface area contributed by atoms with Gasteiger partial charge in [0.05, 0.1) is 5.92 Å². The number of benzene rings is 1. The molecule has 0 heterocycles. The normalized spacial score (nSPS) is 11.9. The van der Waals surface area contributed by atoms with E-state index in [4.69, 9.17) is 11.5 Å². The van der Waals surface area contributed by atoms with Gasteiger partial charge in [0.25, 0.3) is 0 Å². The third kappa shape index (κ3) is 5.95. The predicted octanol–water partition coefficient (Wildman–Crippen LogP) is 1.27. The highest BCUT2D eigenvalue weighted by Gasteiger charge is 2.22. The lowest BCUT2D eigenvalue weighted by Gasteiger charge is -2.26. The van der Waals surface area contributed by atoms with E-state index in [0.29, 0.717) is 19.6 Å². The van der Waals surface area contributed by atoms with Gasteiger partial charge in [0, 0.05) is 26.1 Å². The molecule has 116 valence electrons. The first-order valence-corrected chi connectivity index (χ1v) is 7.39. The van der Waals surface area contributed by atoms with Crippen molar-refractivity contribution in [2.24, 2.45) is 17.4 Å². The summed E-state index contributed by atoms with van der Waals surface area (Å²) in [5.74, 6) is -0.586. The number of hydrogen-bond acceptors (Lipinski definition) is 3. The summed E-state index contributed by atoms with van der Waals surface area (Å²) >= 11 is 0. The average molecular weight is 291 g/mol. The molecule has 5 heteroatoms. The van der Waals surface area contributed by atoms with Crippen molar-refractivity contribution in [3.05, 3.63) is 35.9 Å². The Morgan fingerprint density at radius 3 is 2.43 bits per heavy atom. The SMILES string of the molecule is CCCC(CN)C(=O)N(CCC(N)=O)Cc1ccccc1. The number of primary amides is 1. The Kier molecular flexibility index (Phi) is 7.46. The molecular formula is C16H25N3O2. The molecule has 0 aliphatic rings. The second-order valence-electron chi connectivity index (χ2n) is 5.18. The molecule has 1 unspecified atom stereocenters. The van der Waals surface area contributed by atoms with Gasteiger partial charge in [0.2, 0.25) is 11.8 Å². The Labute approximate surface area is 126 Å². The van der Waals surface area contributed by atoms with E-state index < -0.39 is 5.91 Å². The number of rotatable bonds is 9. The molecule has 4 N–H and O–H groups in total. The molecule has 1 aromatic rings. The lowest BCUT2D eigenvalue weighted by atomic mass is 10.0. The summed E-state index contributed by atoms with van der Waals surface area (Å²) in [7, 11) is 0. The maximum Gasteiger partial charge on any atom is 0.227 e. The molecule has 0 spiro atoms. The quantitative estimate of drug-likeness (QED) is 0.718. The molecule has 5 nitrogen and oxygen atoms in total. The van der Waals surface area contributed by atoms with Crippen molar-refractivity contribution in [2.75, 3.05) is 13.1 Å². The third-order valence-electron chi connectivity index (χ3n) is 3.43. The van der Waals surface area contributed by atoms with Gasteiger partial charge in [-0.2, -0.15) is 0 Å². The fourth-order valence-electron chi connectivity index (χ4n) is 2.26. The van der Waals surface area contributed by atoms with Crippen LogP contribution in [0.2, 0.25) is 0 Å². The molecule has 0 bridgehead atoms. The fourth-order valence-corrected chi connectivity index (χ4v) is 2.26. The van der Waals surface area contributed by atoms with Crippen molar-refractivity contribution in [2.45, 2.75) is 32.7 Å². The summed E-state index contributed by atoms with van der Waals surface area (Å²) in [6.45, 7) is 3.17. The summed E-state index contributed by atoms with van der Waals surface area (Å²) in [6.07, 6.45) is 1.84. The number of nitrogens with two attached hydrogens (primary N) is 2. The number of carbonyl (C=O) groups excluding carboxylic acids is 2. The molecule has 0 aliphatic carbocycles. The highest BCUT2D eigenvalue weighted by Crippen LogP contribution is 2.13. The van der Waals surface area contributed by atoms with E-state index in [1.165, 1.54) is 0 Å². The van der Waals surface area contributed by atoms with E-state index >= 15 is 0 Å². The van der Waals surface area contributed by atoms with Gasteiger partial charge in [-0.3, -0.25) is 9.59 Å². The Bertz CT molecular complexity index is 448. The molecule has 1 aromatic carbocycles. The minimum atomic E-state index is -0.402. The Hall–Kier alpha value is -1.88. The Morgan fingerprint density at radius 1 is 1.24 bits per heavy atom. The standard InChI is InChI=1S/C16H25N3O2/c1-2-6-14(11-17)16(21)19(10-9-15(18)20)12-13-7-4-3-5-8-13/h3-5,7-8,14H,2,6,9-12,17H2,1H3,(H2,18,20). The van der Waals surface area contributed by atoms with Gasteiger partial charge < -0.3 is 16.4 Å². The van der Waals surface area contributed by atoms with Crippen LogP contribution in [-0.2, 0) is 16.1 Å². The minimum absolute atomic E-state index is 0.00412. The molecule has 0 radical (unpaired) electrons. The van der Waals surface area contributed by atoms with Gasteiger partial charge in [0.1, 0.15) is 0 Å². The average Bonchev–Trinajstić information content (AvgIpc) is 2.49. The van der Waals surface area contributed by atoms with Crippen LogP contribution in [0.4, 0.5) is 0 Å². The fraction of sp³-hybridized carbons (Fsp3) is 0.500. The van der Waals surface area contributed by atoms with Gasteiger partial charge in [-0.15, -0.1) is 0 Å². The van der Waals surface area contributed by atoms with Crippen LogP contribution in [0.15, 0.2) is 30.3 Å². The van der Waals surface area contributed by atoms with Crippen molar-refractivity contribution in [3.63, 3.8) is 0 Å². The van der Waals surface area contributed by atoms with Crippen LogP contribution < -0.4 is 11.5 Å². The molecule has 0 aliphatic heterocycles. The summed E-state index contributed by atoms with van der Waals surface area (Å²) in [4.78, 5) is 25.3. The summed E-state index contributed by atoms with van der Waals surface area (Å²) in [6, 6.07) is 9.71. The van der Waals surface area contributed by atoms with Crippen LogP contribution in [0.1, 0.15) is 31.7 Å². The largest absolute Gasteiger partial charge is 0.370 e. The van der Waals surface area contributed by atoms with E-state index in [9.17, 15) is 9.59 Å². The van der Waals surface area contributed by atoms with Crippen molar-refractivity contribution < 1.29 is 9.59 Å². The molecule has 0 saturated carbocycles. The van der Waals surface area contributed by atoms with E-state index in [0.717, 1.165) is 18.4 Å². The first-order chi connectivity index (χ1) is 10.1. The van der Waals surface area contributed by atoms with E-state index in [2.05, 4.69) is 0 Å². The van der Waals surface area contributed by atoms with E-state index in [1.807, 2.05) is 37.3 Å². The number of hydrogen-bond donors (Lipinski definition) is 2. The van der Waals surface area contributed by atoms with Crippen molar-refractivity contribution in [1.29, 1.82) is 0 Å². The number of nitrogens with zero attached hydrogens (tertiary/aromatic N) is 1. The van der Waals surface area contributed by atoms with Crippen LogP contribution in [0.5, 0.6) is 0 Å². The molecular weight excluding hydrogens is 266 g/mol. The van der Waals surface area contributed by atoms with Gasteiger partial charge in [-0.1, -0.05) is 43.7 Å². The van der Waals surface area contributed by atoms with Crippen LogP contribution in [0.3, 0.4) is 0 Å². The summed E-state index contributed by atoms with van der Waals surface area (Å²) < 4.78 is 0. The monoisotopic (exact) mass is 291 g/mol. The van der Waals surface area contributed by atoms with Crippen molar-refractivity contribution in [1.82, 2.24) is 4.90 Å². The zero-order valence-electron chi connectivity index (χ0n) is 12.6. The van der Waals surface area contributed by atoms with Crippen molar-refractivity contribution in [3.8, 4) is 0 Å². The van der Waals surface area contributed by atoms with E-state index in [1.54, 1.807) is 4.90 Å². The van der Waals surface area contributed by atoms with Crippen molar-refractivity contribution >= 4 is 11.8 Å². The first-order valence-electron chi connectivity index (χ1n) is 7.39. The predicted molar refractivity (Wildman–Crippen MR) is 83.1 cm³/mol. The second-order valence-corrected chi connectivity index (χ2v) is 5.18. The van der Waals surface area contributed by atoms with Gasteiger partial charge in [0.15, 0.2) is 0 Å². The molecule has 1 rings (SSSR count).